The van der Waals surface area contributed by atoms with Crippen molar-refractivity contribution in [1.82, 2.24) is 0 Å². The van der Waals surface area contributed by atoms with Gasteiger partial charge in [-0.25, -0.2) is 4.79 Å². The van der Waals surface area contributed by atoms with Crippen molar-refractivity contribution in [3.05, 3.63) is 11.6 Å². The number of esters is 1. The fraction of sp³-hybridized carbons (Fsp3) is 0.722. The van der Waals surface area contributed by atoms with E-state index in [2.05, 4.69) is 4.74 Å². The zero-order chi connectivity index (χ0) is 18.9. The van der Waals surface area contributed by atoms with Crippen LogP contribution in [0.3, 0.4) is 0 Å². The first kappa shape index (κ1) is 22.1. The third kappa shape index (κ3) is 7.62. The summed E-state index contributed by atoms with van der Waals surface area (Å²) in [6.45, 7) is 12.4. The zero-order valence-corrected chi connectivity index (χ0v) is 15.8. The molecular weight excluding hydrogens is 312 g/mol. The number of hydrogen-bond acceptors (Lipinski definition) is 6. The minimum Gasteiger partial charge on any atom is -0.457 e. The Morgan fingerprint density at radius 1 is 1.08 bits per heavy atom. The highest BCUT2D eigenvalue weighted by Gasteiger charge is 2.32. The van der Waals surface area contributed by atoms with E-state index in [4.69, 9.17) is 9.47 Å². The van der Waals surface area contributed by atoms with Gasteiger partial charge >= 0.3 is 12.1 Å². The number of ketones is 1. The van der Waals surface area contributed by atoms with E-state index in [-0.39, 0.29) is 25.0 Å². The van der Waals surface area contributed by atoms with Crippen LogP contribution in [0.5, 0.6) is 0 Å². The second-order valence-electron chi connectivity index (χ2n) is 6.63. The Morgan fingerprint density at radius 3 is 2.12 bits per heavy atom. The maximum absolute atomic E-state index is 12.2. The average molecular weight is 342 g/mol. The van der Waals surface area contributed by atoms with Crippen molar-refractivity contribution in [1.29, 1.82) is 0 Å². The van der Waals surface area contributed by atoms with Crippen molar-refractivity contribution in [3.8, 4) is 0 Å². The number of ether oxygens (including phenoxy) is 3. The van der Waals surface area contributed by atoms with E-state index in [1.807, 2.05) is 0 Å². The normalized spacial score (nSPS) is 14.5. The van der Waals surface area contributed by atoms with Crippen molar-refractivity contribution >= 4 is 17.9 Å². The summed E-state index contributed by atoms with van der Waals surface area (Å²) < 4.78 is 15.1. The predicted octanol–water partition coefficient (Wildman–Crippen LogP) is 3.68. The first-order valence-corrected chi connectivity index (χ1v) is 8.24. The van der Waals surface area contributed by atoms with Crippen LogP contribution in [-0.4, -0.2) is 37.2 Å². The zero-order valence-electron chi connectivity index (χ0n) is 15.8. The lowest BCUT2D eigenvalue weighted by molar-refractivity contribution is -0.160. The van der Waals surface area contributed by atoms with E-state index >= 15 is 0 Å². The highest BCUT2D eigenvalue weighted by atomic mass is 16.7. The molecule has 0 rings (SSSR count). The molecule has 0 aromatic rings. The van der Waals surface area contributed by atoms with E-state index < -0.39 is 23.6 Å². The summed E-state index contributed by atoms with van der Waals surface area (Å²) >= 11 is 0. The lowest BCUT2D eigenvalue weighted by atomic mass is 9.91. The number of rotatable bonds is 8. The van der Waals surface area contributed by atoms with Crippen molar-refractivity contribution in [2.45, 2.75) is 61.0 Å². The maximum atomic E-state index is 12.2. The Morgan fingerprint density at radius 2 is 1.67 bits per heavy atom. The molecule has 0 bridgehead atoms. The van der Waals surface area contributed by atoms with Gasteiger partial charge in [-0.05, 0) is 46.3 Å². The van der Waals surface area contributed by atoms with Crippen LogP contribution in [0, 0.1) is 11.3 Å². The minimum atomic E-state index is -0.762. The van der Waals surface area contributed by atoms with Crippen molar-refractivity contribution in [3.63, 3.8) is 0 Å². The Balaban J connectivity index is 5.12. The topological polar surface area (TPSA) is 78.9 Å². The number of hydrogen-bond donors (Lipinski definition) is 0. The van der Waals surface area contributed by atoms with Crippen LogP contribution in [0.2, 0.25) is 0 Å². The van der Waals surface area contributed by atoms with Gasteiger partial charge in [-0.3, -0.25) is 9.59 Å². The van der Waals surface area contributed by atoms with Crippen molar-refractivity contribution < 1.29 is 28.6 Å². The van der Waals surface area contributed by atoms with E-state index in [1.165, 1.54) is 0 Å². The molecule has 6 nitrogen and oxygen atoms in total. The van der Waals surface area contributed by atoms with Crippen LogP contribution in [0.1, 0.15) is 54.9 Å². The van der Waals surface area contributed by atoms with Crippen LogP contribution in [0.25, 0.3) is 0 Å². The Labute approximate surface area is 144 Å². The molecule has 138 valence electrons. The lowest BCUT2D eigenvalue weighted by Crippen LogP contribution is -2.35. The van der Waals surface area contributed by atoms with Crippen molar-refractivity contribution in [2.24, 2.45) is 11.3 Å². The molecule has 24 heavy (non-hydrogen) atoms. The quantitative estimate of drug-likeness (QED) is 0.494. The monoisotopic (exact) mass is 342 g/mol. The summed E-state index contributed by atoms with van der Waals surface area (Å²) in [5, 5.41) is 0. The summed E-state index contributed by atoms with van der Waals surface area (Å²) in [6, 6.07) is 0. The second-order valence-corrected chi connectivity index (χ2v) is 6.63. The molecule has 0 aromatic heterocycles. The summed E-state index contributed by atoms with van der Waals surface area (Å²) in [5.41, 5.74) is -0.0132. The van der Waals surface area contributed by atoms with Gasteiger partial charge in [-0.2, -0.15) is 0 Å². The predicted molar refractivity (Wildman–Crippen MR) is 90.5 cm³/mol. The van der Waals surface area contributed by atoms with Crippen LogP contribution in [0.4, 0.5) is 4.79 Å². The third-order valence-corrected chi connectivity index (χ3v) is 3.47. The second kappa shape index (κ2) is 10.1. The molecule has 0 saturated carbocycles. The van der Waals surface area contributed by atoms with Gasteiger partial charge in [0, 0.05) is 6.42 Å². The molecule has 0 unspecified atom stereocenters. The lowest BCUT2D eigenvalue weighted by Gasteiger charge is -2.27. The van der Waals surface area contributed by atoms with E-state index in [1.54, 1.807) is 54.5 Å². The van der Waals surface area contributed by atoms with Crippen molar-refractivity contribution in [2.75, 3.05) is 13.2 Å². The Bertz CT molecular complexity index is 472. The number of carbonyl (C=O) groups excluding carboxylic acids is 3. The molecule has 0 heterocycles. The van der Waals surface area contributed by atoms with Gasteiger partial charge in [0.25, 0.3) is 0 Å². The molecule has 6 heteroatoms. The summed E-state index contributed by atoms with van der Waals surface area (Å²) in [6.07, 6.45) is 0.534. The van der Waals surface area contributed by atoms with E-state index in [9.17, 15) is 14.4 Å². The minimum absolute atomic E-state index is 0.000713. The number of carbonyl (C=O) groups is 3. The van der Waals surface area contributed by atoms with E-state index in [0.29, 0.717) is 12.0 Å². The highest BCUT2D eigenvalue weighted by molar-refractivity contribution is 5.82. The first-order chi connectivity index (χ1) is 11.0. The van der Waals surface area contributed by atoms with Crippen LogP contribution < -0.4 is 0 Å². The first-order valence-electron chi connectivity index (χ1n) is 8.24. The SMILES string of the molecule is CCOC(=O)OC/C=C(\C)[C@H](OC(=O)C(C)(C)C)[C@@H](C)C(=O)CC. The maximum Gasteiger partial charge on any atom is 0.508 e. The summed E-state index contributed by atoms with van der Waals surface area (Å²) in [5.74, 6) is -0.858. The Hall–Kier alpha value is -1.85. The van der Waals surface area contributed by atoms with Crippen LogP contribution >= 0.6 is 0 Å². The molecule has 0 aliphatic rings. The largest absolute Gasteiger partial charge is 0.508 e. The number of Topliss-reactive ketones (excluding diaryl/α,β-unsaturated/α-hetero) is 1. The molecule has 0 saturated heterocycles. The molecule has 0 aliphatic heterocycles. The van der Waals surface area contributed by atoms with Gasteiger partial charge in [0.05, 0.1) is 17.9 Å². The van der Waals surface area contributed by atoms with Crippen LogP contribution in [-0.2, 0) is 23.8 Å². The smallest absolute Gasteiger partial charge is 0.457 e. The molecule has 0 N–H and O–H groups in total. The molecule has 0 spiro atoms. The van der Waals surface area contributed by atoms with Gasteiger partial charge in [0.1, 0.15) is 18.5 Å². The summed E-state index contributed by atoms with van der Waals surface area (Å²) in [4.78, 5) is 35.4. The molecule has 0 amide bonds. The fourth-order valence-corrected chi connectivity index (χ4v) is 1.89. The van der Waals surface area contributed by atoms with Gasteiger partial charge in [-0.15, -0.1) is 0 Å². The highest BCUT2D eigenvalue weighted by Crippen LogP contribution is 2.24. The molecule has 0 aliphatic carbocycles. The fourth-order valence-electron chi connectivity index (χ4n) is 1.89. The van der Waals surface area contributed by atoms with Gasteiger partial charge in [0.2, 0.25) is 0 Å². The van der Waals surface area contributed by atoms with Gasteiger partial charge < -0.3 is 14.2 Å². The molecule has 2 atom stereocenters. The average Bonchev–Trinajstić information content (AvgIpc) is 2.49. The van der Waals surface area contributed by atoms with Gasteiger partial charge in [-0.1, -0.05) is 13.8 Å². The van der Waals surface area contributed by atoms with E-state index in [0.717, 1.165) is 0 Å². The molecule has 0 radical (unpaired) electrons. The van der Waals surface area contributed by atoms with Crippen LogP contribution in [0.15, 0.2) is 11.6 Å². The molecule has 0 fully saturated rings. The standard InChI is InChI=1S/C18H30O6/c1-8-14(19)13(4)15(24-16(20)18(5,6)7)12(3)10-11-23-17(21)22-9-2/h10,13,15H,8-9,11H2,1-7H3/b12-10+/t13-,15-/m0/s1. The van der Waals surface area contributed by atoms with Gasteiger partial charge in [0.15, 0.2) is 0 Å². The third-order valence-electron chi connectivity index (χ3n) is 3.47. The molecular formula is C18H30O6. The summed E-state index contributed by atoms with van der Waals surface area (Å²) in [7, 11) is 0. The Kier molecular flexibility index (Phi) is 9.33. The molecule has 0 aromatic carbocycles.